The fraction of sp³-hybridized carbons (Fsp3) is 0.389. The average Bonchev–Trinajstić information content (AvgIpc) is 0.697. The van der Waals surface area contributed by atoms with Crippen LogP contribution in [-0.4, -0.2) is 84.5 Å². The van der Waals surface area contributed by atoms with E-state index in [0.717, 1.165) is 41.5 Å². The summed E-state index contributed by atoms with van der Waals surface area (Å²) in [6.07, 6.45) is -4.16. The van der Waals surface area contributed by atoms with E-state index in [1.54, 1.807) is 18.2 Å². The lowest BCUT2D eigenvalue weighted by molar-refractivity contribution is -0.462. The third kappa shape index (κ3) is 17.3. The van der Waals surface area contributed by atoms with Gasteiger partial charge in [-0.2, -0.15) is 74.6 Å². The number of esters is 2. The van der Waals surface area contributed by atoms with E-state index in [-0.39, 0.29) is 40.8 Å². The number of aliphatic hydroxyl groups is 1. The van der Waals surface area contributed by atoms with Gasteiger partial charge < -0.3 is 14.6 Å². The quantitative estimate of drug-likeness (QED) is 0.0247. The molecule has 7 aromatic rings. The molecule has 0 spiro atoms. The minimum Gasteiger partial charge on any atom is -0.464 e. The molecule has 8 atom stereocenters. The lowest BCUT2D eigenvalue weighted by atomic mass is 9.71. The highest BCUT2D eigenvalue weighted by Crippen LogP contribution is 2.64. The summed E-state index contributed by atoms with van der Waals surface area (Å²) in [6.45, 7) is -5.83. The van der Waals surface area contributed by atoms with E-state index in [4.69, 9.17) is 4.74 Å². The lowest BCUT2D eigenvalue weighted by Gasteiger charge is -2.42. The molecule has 8 unspecified atom stereocenters. The van der Waals surface area contributed by atoms with E-state index < -0.39 is 97.1 Å². The largest absolute Gasteiger partial charge is 0.464 e. The maximum Gasteiger partial charge on any atom is 0.460 e. The van der Waals surface area contributed by atoms with Gasteiger partial charge in [0.05, 0.1) is 6.61 Å². The van der Waals surface area contributed by atoms with Gasteiger partial charge in [-0.3, -0.25) is 9.59 Å². The van der Waals surface area contributed by atoms with Crippen molar-refractivity contribution in [3.8, 4) is 0 Å². The fourth-order valence-electron chi connectivity index (χ4n) is 11.8. The van der Waals surface area contributed by atoms with Gasteiger partial charge in [-0.15, -0.1) is 0 Å². The monoisotopic (exact) mass is 1410 g/mol. The molecule has 7 aromatic carbocycles. The van der Waals surface area contributed by atoms with Crippen molar-refractivity contribution in [1.82, 2.24) is 0 Å². The van der Waals surface area contributed by atoms with Gasteiger partial charge in [0.15, 0.2) is 6.61 Å². The fourth-order valence-corrected chi connectivity index (χ4v) is 12.5. The smallest absolute Gasteiger partial charge is 0.460 e. The highest BCUT2D eigenvalue weighted by molar-refractivity contribution is 9.09. The van der Waals surface area contributed by atoms with Crippen LogP contribution in [0, 0.1) is 5.41 Å². The molecule has 0 radical (unpaired) electrons. The molecule has 0 aliphatic heterocycles. The first-order valence-corrected chi connectivity index (χ1v) is 31.2. The maximum atomic E-state index is 14.8. The molecular formula is C72H68BrF17O5. The molecule has 7 rings (SSSR count). The van der Waals surface area contributed by atoms with E-state index in [0.29, 0.717) is 26.2 Å². The highest BCUT2D eigenvalue weighted by atomic mass is 79.9. The third-order valence-corrected chi connectivity index (χ3v) is 18.3. The molecule has 0 fully saturated rings. The van der Waals surface area contributed by atoms with Crippen molar-refractivity contribution in [3.63, 3.8) is 0 Å². The van der Waals surface area contributed by atoms with Crippen LogP contribution in [-0.2, 0) is 19.1 Å². The van der Waals surface area contributed by atoms with E-state index in [1.807, 2.05) is 109 Å². The second-order valence-electron chi connectivity index (χ2n) is 24.1. The molecule has 0 aliphatic carbocycles. The number of carbonyl (C=O) groups excluding carboxylic acids is 2. The minimum atomic E-state index is -8.84. The molecule has 0 saturated heterocycles. The molecule has 23 heteroatoms. The minimum absolute atomic E-state index is 0.0111. The Labute approximate surface area is 547 Å². The van der Waals surface area contributed by atoms with Crippen LogP contribution in [0.1, 0.15) is 138 Å². The van der Waals surface area contributed by atoms with Crippen LogP contribution in [0.2, 0.25) is 0 Å². The van der Waals surface area contributed by atoms with Crippen LogP contribution in [0.3, 0.4) is 0 Å². The summed E-state index contributed by atoms with van der Waals surface area (Å²) in [5.41, 5.74) is 4.84. The van der Waals surface area contributed by atoms with E-state index in [1.165, 1.54) is 16.7 Å². The van der Waals surface area contributed by atoms with Crippen molar-refractivity contribution in [3.05, 3.63) is 251 Å². The summed E-state index contributed by atoms with van der Waals surface area (Å²) >= 11 is 4.05. The standard InChI is InChI=1S/C72H68BrF17O5/c1-64(45-91,63(93)95-47-65(74,75)66(76,77)67(78,79)68(80,81)69(82,83)70(84,85)71(86,87)72(88,89)90)46-94-62(92)38-37-55(48-23-9-2-10-24-48)39-56(49-25-11-3-12-26-49)40-57(50-27-13-4-14-28-50)41-58(51-29-15-5-16-30-51)42-59(52-31-17-6-18-32-52)43-60(53-33-19-7-20-34-53)44-61(73)54-35-21-8-22-36-54/h2-36,55-61,91H,37-47H2,1H3. The Morgan fingerprint density at radius 3 is 0.926 bits per heavy atom. The second kappa shape index (κ2) is 31.3. The van der Waals surface area contributed by atoms with Crippen LogP contribution in [0.25, 0.3) is 0 Å². The third-order valence-electron chi connectivity index (χ3n) is 17.4. The molecule has 0 bridgehead atoms. The van der Waals surface area contributed by atoms with E-state index >= 15 is 0 Å². The molecule has 0 aliphatic rings. The number of aliphatic hydroxyl groups excluding tert-OH is 1. The summed E-state index contributed by atoms with van der Waals surface area (Å²) in [6, 6.07) is 70.6. The lowest BCUT2D eigenvalue weighted by Crippen LogP contribution is -2.74. The number of rotatable bonds is 34. The zero-order valence-electron chi connectivity index (χ0n) is 50.9. The number of hydrogen-bond donors (Lipinski definition) is 1. The molecule has 5 nitrogen and oxygen atoms in total. The van der Waals surface area contributed by atoms with Gasteiger partial charge in [-0.1, -0.05) is 228 Å². The van der Waals surface area contributed by atoms with Crippen LogP contribution >= 0.6 is 15.9 Å². The van der Waals surface area contributed by atoms with Gasteiger partial charge in [-0.25, -0.2) is 0 Å². The summed E-state index contributed by atoms with van der Waals surface area (Å²) < 4.78 is 246. The normalized spacial score (nSPS) is 15.9. The number of halogens is 18. The van der Waals surface area contributed by atoms with Gasteiger partial charge in [-0.05, 0) is 126 Å². The SMILES string of the molecule is CC(CO)(COC(=O)CCC(CC(CC(CC(CC(CC(CC(Br)c1ccccc1)c1ccccc1)c1ccccc1)c1ccccc1)c1ccccc1)c1ccccc1)c1ccccc1)C(=O)OCC(F)(F)C(F)(F)C(F)(F)C(F)(F)C(F)(F)C(F)(F)C(F)(F)C(F)(F)F. The van der Waals surface area contributed by atoms with E-state index in [9.17, 15) is 89.3 Å². The number of alkyl halides is 18. The van der Waals surface area contributed by atoms with Crippen LogP contribution < -0.4 is 0 Å². The Kier molecular flexibility index (Phi) is 24.7. The van der Waals surface area contributed by atoms with Crippen molar-refractivity contribution in [2.45, 2.75) is 146 Å². The Morgan fingerprint density at radius 1 is 0.358 bits per heavy atom. The van der Waals surface area contributed by atoms with Gasteiger partial charge in [0.2, 0.25) is 0 Å². The number of hydrogen-bond acceptors (Lipinski definition) is 5. The Morgan fingerprint density at radius 2 is 0.621 bits per heavy atom. The summed E-state index contributed by atoms with van der Waals surface area (Å²) in [5, 5.41) is 10.1. The first kappa shape index (κ1) is 75.1. The van der Waals surface area contributed by atoms with Crippen molar-refractivity contribution in [1.29, 1.82) is 0 Å². The zero-order chi connectivity index (χ0) is 69.7. The molecule has 95 heavy (non-hydrogen) atoms. The van der Waals surface area contributed by atoms with Crippen molar-refractivity contribution >= 4 is 27.9 Å². The molecule has 0 amide bonds. The van der Waals surface area contributed by atoms with Gasteiger partial charge in [0.1, 0.15) is 12.0 Å². The van der Waals surface area contributed by atoms with Gasteiger partial charge in [0.25, 0.3) is 0 Å². The first-order chi connectivity index (χ1) is 44.6. The molecule has 0 heterocycles. The molecule has 0 aromatic heterocycles. The van der Waals surface area contributed by atoms with Crippen molar-refractivity contribution in [2.24, 2.45) is 5.41 Å². The summed E-state index contributed by atoms with van der Waals surface area (Å²) in [7, 11) is 0. The maximum absolute atomic E-state index is 14.8. The number of carbonyl (C=O) groups is 2. The second-order valence-corrected chi connectivity index (χ2v) is 25.2. The van der Waals surface area contributed by atoms with E-state index in [2.05, 4.69) is 106 Å². The van der Waals surface area contributed by atoms with Crippen molar-refractivity contribution in [2.75, 3.05) is 19.8 Å². The van der Waals surface area contributed by atoms with Crippen LogP contribution in [0.4, 0.5) is 74.6 Å². The molecule has 0 saturated carbocycles. The molecule has 1 N–H and O–H groups in total. The Balaban J connectivity index is 1.11. The van der Waals surface area contributed by atoms with Gasteiger partial charge >= 0.3 is 59.6 Å². The summed E-state index contributed by atoms with van der Waals surface area (Å²) in [4.78, 5) is 26.8. The molecular weight excluding hydrogens is 1350 g/mol. The number of ether oxygens (including phenoxy) is 2. The summed E-state index contributed by atoms with van der Waals surface area (Å²) in [5.74, 6) is -62.4. The average molecular weight is 1420 g/mol. The Bertz CT molecular complexity index is 3490. The zero-order valence-corrected chi connectivity index (χ0v) is 52.5. The first-order valence-electron chi connectivity index (χ1n) is 30.3. The van der Waals surface area contributed by atoms with Gasteiger partial charge in [0, 0.05) is 11.2 Å². The van der Waals surface area contributed by atoms with Crippen LogP contribution in [0.5, 0.6) is 0 Å². The van der Waals surface area contributed by atoms with Crippen LogP contribution in [0.15, 0.2) is 212 Å². The predicted molar refractivity (Wildman–Crippen MR) is 328 cm³/mol. The predicted octanol–water partition coefficient (Wildman–Crippen LogP) is 21.0. The number of benzene rings is 7. The molecule has 512 valence electrons. The van der Waals surface area contributed by atoms with Crippen molar-refractivity contribution < 1.29 is 98.8 Å². The Hall–Kier alpha value is -7.27. The topological polar surface area (TPSA) is 72.8 Å². The highest BCUT2D eigenvalue weighted by Gasteiger charge is 2.95.